The first kappa shape index (κ1) is 13.3. The maximum absolute atomic E-state index is 13.5. The molecule has 1 heterocycles. The zero-order valence-corrected chi connectivity index (χ0v) is 12.6. The molecule has 0 aromatic heterocycles. The highest BCUT2D eigenvalue weighted by atomic mass is 28.3. The van der Waals surface area contributed by atoms with Gasteiger partial charge in [-0.25, -0.2) is 4.39 Å². The van der Waals surface area contributed by atoms with Crippen molar-refractivity contribution < 1.29 is 4.39 Å². The first-order valence-corrected chi connectivity index (χ1v) is 10.3. The summed E-state index contributed by atoms with van der Waals surface area (Å²) in [6.45, 7) is 4.47. The van der Waals surface area contributed by atoms with Crippen LogP contribution < -0.4 is 0 Å². The van der Waals surface area contributed by atoms with Gasteiger partial charge in [-0.3, -0.25) is 0 Å². The van der Waals surface area contributed by atoms with Crippen LogP contribution in [0.15, 0.2) is 11.4 Å². The number of allylic oxidation sites excluding steroid dienone is 2. The summed E-state index contributed by atoms with van der Waals surface area (Å²) in [6, 6.07) is 3.12. The number of halogens is 1. The monoisotopic (exact) mass is 254 g/mol. The van der Waals surface area contributed by atoms with E-state index in [1.807, 2.05) is 6.92 Å². The van der Waals surface area contributed by atoms with Gasteiger partial charge in [0, 0.05) is 15.2 Å². The minimum atomic E-state index is -0.278. The minimum absolute atomic E-state index is 0.200. The third-order valence-corrected chi connectivity index (χ3v) is 7.62. The fourth-order valence-corrected chi connectivity index (χ4v) is 5.79. The molecule has 0 spiro atoms. The zero-order valence-electron chi connectivity index (χ0n) is 11.5. The average Bonchev–Trinajstić information content (AvgIpc) is 2.33. The Hall–Kier alpha value is -0.113. The lowest BCUT2D eigenvalue weighted by Gasteiger charge is -2.28. The molecule has 0 nitrogen and oxygen atoms in total. The Balaban J connectivity index is 1.69. The summed E-state index contributed by atoms with van der Waals surface area (Å²) >= 11 is 0. The molecule has 1 fully saturated rings. The number of hydrogen-bond donors (Lipinski definition) is 0. The molecule has 0 N–H and O–H groups in total. The van der Waals surface area contributed by atoms with Crippen LogP contribution in [0.2, 0.25) is 18.6 Å². The highest BCUT2D eigenvalue weighted by Crippen LogP contribution is 2.36. The van der Waals surface area contributed by atoms with Crippen molar-refractivity contribution in [3.05, 3.63) is 11.4 Å². The molecular weight excluding hydrogens is 227 g/mol. The van der Waals surface area contributed by atoms with E-state index in [9.17, 15) is 4.39 Å². The molecule has 0 amide bonds. The van der Waals surface area contributed by atoms with Gasteiger partial charge in [-0.05, 0) is 43.6 Å². The van der Waals surface area contributed by atoms with Gasteiger partial charge in [-0.2, -0.15) is 0 Å². The Bertz CT molecular complexity index is 277. The Morgan fingerprint density at radius 2 is 1.76 bits per heavy atom. The second-order valence-electron chi connectivity index (χ2n) is 6.50. The van der Waals surface area contributed by atoms with E-state index >= 15 is 0 Å². The molecular formula is C15H27FSi. The van der Waals surface area contributed by atoms with Gasteiger partial charge < -0.3 is 0 Å². The second kappa shape index (κ2) is 6.17. The van der Waals surface area contributed by atoms with Crippen LogP contribution in [-0.2, 0) is 0 Å². The van der Waals surface area contributed by atoms with Crippen molar-refractivity contribution in [3.63, 3.8) is 0 Å². The molecule has 98 valence electrons. The van der Waals surface area contributed by atoms with Crippen molar-refractivity contribution in [2.24, 2.45) is 11.8 Å². The molecule has 1 unspecified atom stereocenters. The summed E-state index contributed by atoms with van der Waals surface area (Å²) in [6.07, 6.45) is 8.60. The van der Waals surface area contributed by atoms with E-state index in [2.05, 4.69) is 6.55 Å². The molecule has 1 aliphatic carbocycles. The Labute approximate surface area is 107 Å². The summed E-state index contributed by atoms with van der Waals surface area (Å²) in [5, 5.41) is 0. The van der Waals surface area contributed by atoms with Crippen LogP contribution in [0.25, 0.3) is 0 Å². The van der Waals surface area contributed by atoms with Gasteiger partial charge in [0.05, 0.1) is 5.83 Å². The van der Waals surface area contributed by atoms with Gasteiger partial charge in [0.2, 0.25) is 0 Å². The molecule has 1 aliphatic heterocycles. The maximum Gasteiger partial charge on any atom is 0.0991 e. The van der Waals surface area contributed by atoms with Crippen LogP contribution in [-0.4, -0.2) is 8.80 Å². The van der Waals surface area contributed by atoms with Crippen molar-refractivity contribution in [1.82, 2.24) is 0 Å². The molecule has 1 atom stereocenters. The molecule has 1 saturated heterocycles. The van der Waals surface area contributed by atoms with Crippen LogP contribution in [0, 0.1) is 11.8 Å². The van der Waals surface area contributed by atoms with Gasteiger partial charge in [-0.15, -0.1) is 0 Å². The second-order valence-corrected chi connectivity index (χ2v) is 9.86. The number of hydrogen-bond acceptors (Lipinski definition) is 0. The highest BCUT2D eigenvalue weighted by Gasteiger charge is 2.22. The standard InChI is InChI=1S/C15H27FSi/c1-12-3-4-14(11-15(12)16)6-5-13-7-9-17(2)10-8-13/h13-14,17H,3-11H2,1-2H3. The summed E-state index contributed by atoms with van der Waals surface area (Å²) < 4.78 is 13.5. The van der Waals surface area contributed by atoms with Crippen LogP contribution in [0.1, 0.15) is 51.9 Å². The molecule has 2 heteroatoms. The Morgan fingerprint density at radius 1 is 1.12 bits per heavy atom. The third-order valence-electron chi connectivity index (χ3n) is 4.98. The van der Waals surface area contributed by atoms with E-state index in [0.29, 0.717) is 5.92 Å². The highest BCUT2D eigenvalue weighted by molar-refractivity contribution is 6.57. The normalized spacial score (nSPS) is 35.1. The van der Waals surface area contributed by atoms with Crippen molar-refractivity contribution in [2.45, 2.75) is 70.5 Å². The largest absolute Gasteiger partial charge is 0.212 e. The van der Waals surface area contributed by atoms with E-state index in [0.717, 1.165) is 24.3 Å². The summed E-state index contributed by atoms with van der Waals surface area (Å²) in [7, 11) is -0.278. The van der Waals surface area contributed by atoms with Crippen LogP contribution in [0.3, 0.4) is 0 Å². The lowest BCUT2D eigenvalue weighted by Crippen LogP contribution is -2.19. The van der Waals surface area contributed by atoms with Gasteiger partial charge in [0.25, 0.3) is 0 Å². The van der Waals surface area contributed by atoms with Crippen LogP contribution >= 0.6 is 0 Å². The average molecular weight is 254 g/mol. The quantitative estimate of drug-likeness (QED) is 0.616. The van der Waals surface area contributed by atoms with Crippen molar-refractivity contribution in [3.8, 4) is 0 Å². The summed E-state index contributed by atoms with van der Waals surface area (Å²) in [5.74, 6) is 1.83. The fourth-order valence-electron chi connectivity index (χ4n) is 3.42. The summed E-state index contributed by atoms with van der Waals surface area (Å²) in [4.78, 5) is 0. The Kier molecular flexibility index (Phi) is 4.84. The summed E-state index contributed by atoms with van der Waals surface area (Å²) in [5.41, 5.74) is 1.01. The van der Waals surface area contributed by atoms with Gasteiger partial charge in [0.1, 0.15) is 0 Å². The molecule has 2 rings (SSSR count). The topological polar surface area (TPSA) is 0 Å². The maximum atomic E-state index is 13.5. The fraction of sp³-hybridized carbons (Fsp3) is 0.867. The molecule has 0 bridgehead atoms. The van der Waals surface area contributed by atoms with Gasteiger partial charge in [0.15, 0.2) is 0 Å². The van der Waals surface area contributed by atoms with E-state index in [1.165, 1.54) is 32.1 Å². The van der Waals surface area contributed by atoms with E-state index in [1.54, 1.807) is 12.1 Å². The third kappa shape index (κ3) is 3.94. The zero-order chi connectivity index (χ0) is 12.3. The predicted octanol–water partition coefficient (Wildman–Crippen LogP) is 5.08. The molecule has 0 radical (unpaired) electrons. The molecule has 0 aromatic carbocycles. The first-order chi connectivity index (χ1) is 8.15. The SMILES string of the molecule is CC1=C(F)CC(CCC2CC[SiH](C)CC2)CC1. The van der Waals surface area contributed by atoms with Gasteiger partial charge >= 0.3 is 0 Å². The Morgan fingerprint density at radius 3 is 2.41 bits per heavy atom. The van der Waals surface area contributed by atoms with Crippen LogP contribution in [0.5, 0.6) is 0 Å². The lowest BCUT2D eigenvalue weighted by atomic mass is 9.83. The smallest absolute Gasteiger partial charge is 0.0991 e. The minimum Gasteiger partial charge on any atom is -0.212 e. The lowest BCUT2D eigenvalue weighted by molar-refractivity contribution is 0.324. The molecule has 0 saturated carbocycles. The molecule has 2 aliphatic rings. The number of rotatable bonds is 3. The molecule has 17 heavy (non-hydrogen) atoms. The predicted molar refractivity (Wildman–Crippen MR) is 75.7 cm³/mol. The van der Waals surface area contributed by atoms with Crippen molar-refractivity contribution in [1.29, 1.82) is 0 Å². The van der Waals surface area contributed by atoms with Crippen molar-refractivity contribution in [2.75, 3.05) is 0 Å². The van der Waals surface area contributed by atoms with E-state index in [-0.39, 0.29) is 14.6 Å². The van der Waals surface area contributed by atoms with E-state index < -0.39 is 0 Å². The first-order valence-electron chi connectivity index (χ1n) is 7.49. The van der Waals surface area contributed by atoms with Crippen molar-refractivity contribution >= 4 is 8.80 Å². The molecule has 0 aromatic rings. The van der Waals surface area contributed by atoms with Gasteiger partial charge in [-0.1, -0.05) is 37.9 Å². The van der Waals surface area contributed by atoms with Crippen LogP contribution in [0.4, 0.5) is 4.39 Å². The van der Waals surface area contributed by atoms with E-state index in [4.69, 9.17) is 0 Å².